The lowest BCUT2D eigenvalue weighted by Gasteiger charge is -2.41. The number of hydrogen-bond donors (Lipinski definition) is 1. The Balaban J connectivity index is 1.64. The molecule has 0 aromatic heterocycles. The Labute approximate surface area is 220 Å². The number of fused-ring (bicyclic) bond motifs is 1. The third-order valence-corrected chi connectivity index (χ3v) is 9.06. The molecule has 1 unspecified atom stereocenters. The predicted octanol–water partition coefficient (Wildman–Crippen LogP) is 5.69. The molecule has 1 N–H and O–H groups in total. The van der Waals surface area contributed by atoms with Crippen LogP contribution in [0.15, 0.2) is 83.8 Å². The van der Waals surface area contributed by atoms with Gasteiger partial charge in [-0.1, -0.05) is 50.2 Å². The Morgan fingerprint density at radius 3 is 2.29 bits per heavy atom. The summed E-state index contributed by atoms with van der Waals surface area (Å²) in [7, 11) is -3.95. The second-order valence-corrected chi connectivity index (χ2v) is 11.8. The minimum atomic E-state index is -3.95. The van der Waals surface area contributed by atoms with E-state index in [4.69, 9.17) is 4.74 Å². The number of carbonyl (C=O) groups is 1. The molecule has 0 spiro atoms. The Kier molecular flexibility index (Phi) is 7.70. The highest BCUT2D eigenvalue weighted by atomic mass is 127. The first-order valence-electron chi connectivity index (χ1n) is 11.7. The molecule has 0 aliphatic carbocycles. The SMILES string of the molecule is CCC1(CC)CC(NC(=O)CN(c2ccc(I)cc2)S(=O)(=O)c2ccccc2)c2ccccc2O1. The molecule has 35 heavy (non-hydrogen) atoms. The van der Waals surface area contributed by atoms with Gasteiger partial charge in [0.2, 0.25) is 5.91 Å². The zero-order valence-electron chi connectivity index (χ0n) is 19.8. The molecule has 1 amide bonds. The summed E-state index contributed by atoms with van der Waals surface area (Å²) in [5.74, 6) is 0.394. The van der Waals surface area contributed by atoms with E-state index in [1.807, 2.05) is 36.4 Å². The molecular formula is C27H29IN2O4S. The Morgan fingerprint density at radius 1 is 1.00 bits per heavy atom. The van der Waals surface area contributed by atoms with E-state index >= 15 is 0 Å². The lowest BCUT2D eigenvalue weighted by Crippen LogP contribution is -2.47. The van der Waals surface area contributed by atoms with Gasteiger partial charge < -0.3 is 10.1 Å². The summed E-state index contributed by atoms with van der Waals surface area (Å²) in [5, 5.41) is 3.11. The van der Waals surface area contributed by atoms with Crippen LogP contribution in [-0.2, 0) is 14.8 Å². The molecule has 8 heteroatoms. The highest BCUT2D eigenvalue weighted by molar-refractivity contribution is 14.1. The summed E-state index contributed by atoms with van der Waals surface area (Å²) < 4.78 is 35.6. The lowest BCUT2D eigenvalue weighted by atomic mass is 9.83. The number of amides is 1. The number of nitrogens with one attached hydrogen (secondary N) is 1. The topological polar surface area (TPSA) is 75.7 Å². The van der Waals surface area contributed by atoms with E-state index in [-0.39, 0.29) is 29.0 Å². The molecule has 6 nitrogen and oxygen atoms in total. The number of nitrogens with zero attached hydrogens (tertiary/aromatic N) is 1. The van der Waals surface area contributed by atoms with E-state index in [2.05, 4.69) is 41.8 Å². The minimum absolute atomic E-state index is 0.138. The van der Waals surface area contributed by atoms with E-state index in [1.54, 1.807) is 42.5 Å². The van der Waals surface area contributed by atoms with Crippen molar-refractivity contribution in [3.8, 4) is 5.75 Å². The van der Waals surface area contributed by atoms with Gasteiger partial charge in [-0.2, -0.15) is 0 Å². The number of halogens is 1. The molecule has 184 valence electrons. The molecule has 0 fully saturated rings. The van der Waals surface area contributed by atoms with Gasteiger partial charge in [-0.15, -0.1) is 0 Å². The van der Waals surface area contributed by atoms with Gasteiger partial charge in [-0.3, -0.25) is 9.10 Å². The van der Waals surface area contributed by atoms with Crippen molar-refractivity contribution in [1.82, 2.24) is 5.32 Å². The van der Waals surface area contributed by atoms with Crippen LogP contribution >= 0.6 is 22.6 Å². The number of para-hydroxylation sites is 1. The molecule has 0 bridgehead atoms. The standard InChI is InChI=1S/C27H29IN2O4S/c1-3-27(4-2)18-24(23-12-8-9-13-25(23)34-27)29-26(31)19-30(21-16-14-20(28)15-17-21)35(32,33)22-10-6-5-7-11-22/h5-17,24H,3-4,18-19H2,1-2H3,(H,29,31). The van der Waals surface area contributed by atoms with Crippen molar-refractivity contribution in [2.24, 2.45) is 0 Å². The van der Waals surface area contributed by atoms with Gasteiger partial charge in [0, 0.05) is 15.6 Å². The van der Waals surface area contributed by atoms with Crippen molar-refractivity contribution in [1.29, 1.82) is 0 Å². The highest BCUT2D eigenvalue weighted by Gasteiger charge is 2.39. The zero-order valence-corrected chi connectivity index (χ0v) is 22.8. The molecule has 4 rings (SSSR count). The minimum Gasteiger partial charge on any atom is -0.487 e. The molecule has 0 saturated heterocycles. The van der Waals surface area contributed by atoms with Gasteiger partial charge in [-0.25, -0.2) is 8.42 Å². The van der Waals surface area contributed by atoms with E-state index in [9.17, 15) is 13.2 Å². The van der Waals surface area contributed by atoms with Crippen molar-refractivity contribution in [2.45, 2.75) is 49.6 Å². The summed E-state index contributed by atoms with van der Waals surface area (Å²) in [5.41, 5.74) is 0.969. The molecular weight excluding hydrogens is 575 g/mol. The van der Waals surface area contributed by atoms with Gasteiger partial charge >= 0.3 is 0 Å². The molecule has 0 saturated carbocycles. The van der Waals surface area contributed by atoms with Crippen molar-refractivity contribution >= 4 is 44.2 Å². The van der Waals surface area contributed by atoms with Crippen LogP contribution in [0.1, 0.15) is 44.7 Å². The maximum atomic E-state index is 13.6. The van der Waals surface area contributed by atoms with E-state index in [1.165, 1.54) is 4.31 Å². The average molecular weight is 605 g/mol. The quantitative estimate of drug-likeness (QED) is 0.336. The van der Waals surface area contributed by atoms with E-state index < -0.39 is 10.0 Å². The Bertz CT molecular complexity index is 1280. The molecule has 1 heterocycles. The number of hydrogen-bond acceptors (Lipinski definition) is 4. The molecule has 1 aliphatic rings. The van der Waals surface area contributed by atoms with Crippen LogP contribution < -0.4 is 14.4 Å². The zero-order chi connectivity index (χ0) is 25.1. The van der Waals surface area contributed by atoms with Gasteiger partial charge in [0.1, 0.15) is 17.9 Å². The normalized spacial score (nSPS) is 16.6. The lowest BCUT2D eigenvalue weighted by molar-refractivity contribution is -0.121. The van der Waals surface area contributed by atoms with Gasteiger partial charge in [0.25, 0.3) is 10.0 Å². The van der Waals surface area contributed by atoms with Gasteiger partial charge in [0.05, 0.1) is 16.6 Å². The predicted molar refractivity (Wildman–Crippen MR) is 146 cm³/mol. The molecule has 3 aromatic carbocycles. The maximum absolute atomic E-state index is 13.6. The summed E-state index contributed by atoms with van der Waals surface area (Å²) in [6.07, 6.45) is 2.24. The van der Waals surface area contributed by atoms with Gasteiger partial charge in [-0.05, 0) is 77.9 Å². The highest BCUT2D eigenvalue weighted by Crippen LogP contribution is 2.42. The van der Waals surface area contributed by atoms with Crippen LogP contribution in [0.2, 0.25) is 0 Å². The number of benzene rings is 3. The van der Waals surface area contributed by atoms with Crippen LogP contribution in [0.3, 0.4) is 0 Å². The maximum Gasteiger partial charge on any atom is 0.264 e. The van der Waals surface area contributed by atoms with Crippen LogP contribution in [0.25, 0.3) is 0 Å². The van der Waals surface area contributed by atoms with Gasteiger partial charge in [0.15, 0.2) is 0 Å². The first-order valence-corrected chi connectivity index (χ1v) is 14.2. The fourth-order valence-electron chi connectivity index (χ4n) is 4.44. The fraction of sp³-hybridized carbons (Fsp3) is 0.296. The smallest absolute Gasteiger partial charge is 0.264 e. The number of anilines is 1. The summed E-state index contributed by atoms with van der Waals surface area (Å²) in [6, 6.07) is 22.7. The second kappa shape index (κ2) is 10.6. The van der Waals surface area contributed by atoms with E-state index in [0.29, 0.717) is 12.1 Å². The molecule has 3 aromatic rings. The number of sulfonamides is 1. The number of rotatable bonds is 8. The van der Waals surface area contributed by atoms with E-state index in [0.717, 1.165) is 27.7 Å². The van der Waals surface area contributed by atoms with Crippen LogP contribution in [-0.4, -0.2) is 26.5 Å². The largest absolute Gasteiger partial charge is 0.487 e. The average Bonchev–Trinajstić information content (AvgIpc) is 2.88. The van der Waals surface area contributed by atoms with Crippen molar-refractivity contribution in [3.63, 3.8) is 0 Å². The fourth-order valence-corrected chi connectivity index (χ4v) is 6.24. The Hall–Kier alpha value is -2.59. The first-order chi connectivity index (χ1) is 16.8. The van der Waals surface area contributed by atoms with Crippen molar-refractivity contribution in [2.75, 3.05) is 10.8 Å². The third-order valence-electron chi connectivity index (χ3n) is 6.55. The summed E-state index contributed by atoms with van der Waals surface area (Å²) >= 11 is 2.17. The van der Waals surface area contributed by atoms with Crippen molar-refractivity contribution in [3.05, 3.63) is 88.0 Å². The summed E-state index contributed by atoms with van der Waals surface area (Å²) in [6.45, 7) is 3.84. The summed E-state index contributed by atoms with van der Waals surface area (Å²) in [4.78, 5) is 13.5. The second-order valence-electron chi connectivity index (χ2n) is 8.66. The van der Waals surface area contributed by atoms with Crippen molar-refractivity contribution < 1.29 is 17.9 Å². The monoisotopic (exact) mass is 604 g/mol. The Morgan fingerprint density at radius 2 is 1.63 bits per heavy atom. The number of ether oxygens (including phenoxy) is 1. The number of carbonyl (C=O) groups excluding carboxylic acids is 1. The first kappa shape index (κ1) is 25.5. The third kappa shape index (κ3) is 5.48. The van der Waals surface area contributed by atoms with Crippen LogP contribution in [0.4, 0.5) is 5.69 Å². The molecule has 1 aliphatic heterocycles. The van der Waals surface area contributed by atoms with Crippen LogP contribution in [0.5, 0.6) is 5.75 Å². The molecule has 1 atom stereocenters. The van der Waals surface area contributed by atoms with Crippen LogP contribution in [0, 0.1) is 3.57 Å². The molecule has 0 radical (unpaired) electrons.